The Balaban J connectivity index is 1.42. The number of halogens is 2. The molecule has 4 aliphatic heterocycles. The van der Waals surface area contributed by atoms with Gasteiger partial charge in [-0.25, -0.2) is 14.2 Å². The molecule has 4 aromatic rings. The topological polar surface area (TPSA) is 96.3 Å². The van der Waals surface area contributed by atoms with E-state index >= 15 is 4.39 Å². The van der Waals surface area contributed by atoms with Crippen LogP contribution in [0.3, 0.4) is 0 Å². The number of amides is 1. The number of benzene rings is 3. The minimum atomic E-state index is -0.910. The van der Waals surface area contributed by atoms with Gasteiger partial charge in [-0.3, -0.25) is 0 Å². The summed E-state index contributed by atoms with van der Waals surface area (Å²) in [6.07, 6.45) is 1.59. The van der Waals surface area contributed by atoms with E-state index in [-0.39, 0.29) is 33.9 Å². The van der Waals surface area contributed by atoms with Crippen molar-refractivity contribution in [3.05, 3.63) is 53.3 Å². The maximum absolute atomic E-state index is 16.8. The lowest BCUT2D eigenvalue weighted by Gasteiger charge is -2.45. The van der Waals surface area contributed by atoms with Gasteiger partial charge in [0.2, 0.25) is 5.95 Å². The number of fused-ring (bicyclic) bond motifs is 6. The second kappa shape index (κ2) is 10.1. The Kier molecular flexibility index (Phi) is 6.51. The number of rotatable bonds is 4. The minimum Gasteiger partial charge on any atom is -0.508 e. The molecule has 4 aliphatic rings. The summed E-state index contributed by atoms with van der Waals surface area (Å²) >= 11 is 6.88. The zero-order valence-electron chi connectivity index (χ0n) is 23.5. The Morgan fingerprint density at radius 3 is 2.55 bits per heavy atom. The number of nitrogens with zero attached hydrogens (tertiary/aromatic N) is 6. The standard InChI is InChI=1S/C31H32ClFN6O3/c1-36(2)20-13-37(14-20)30-34-28-24(29(35-30)38-15-19-8-5-7-18(38)16-39(19)31(41)42)12-25(32)26(27(28)33)23-11-21(40)10-17-6-3-4-9-22(17)23/h3-4,6,9-12,18-20,40H,5,7-8,13-16H2,1-2H3,(H,41,42). The van der Waals surface area contributed by atoms with Gasteiger partial charge in [0.25, 0.3) is 0 Å². The highest BCUT2D eigenvalue weighted by atomic mass is 35.5. The molecule has 4 fully saturated rings. The molecule has 8 rings (SSSR count). The number of anilines is 2. The highest BCUT2D eigenvalue weighted by Crippen LogP contribution is 2.44. The summed E-state index contributed by atoms with van der Waals surface area (Å²) in [4.78, 5) is 29.7. The van der Waals surface area contributed by atoms with Crippen LogP contribution in [0.5, 0.6) is 5.75 Å². The monoisotopic (exact) mass is 590 g/mol. The van der Waals surface area contributed by atoms with E-state index in [1.807, 2.05) is 43.3 Å². The number of hydrogen-bond donors (Lipinski definition) is 2. The number of carbonyl (C=O) groups is 1. The molecule has 42 heavy (non-hydrogen) atoms. The molecule has 2 unspecified atom stereocenters. The van der Waals surface area contributed by atoms with Crippen LogP contribution < -0.4 is 9.80 Å². The summed E-state index contributed by atoms with van der Waals surface area (Å²) in [5.41, 5.74) is 0.820. The minimum absolute atomic E-state index is 0.0159. The quantitative estimate of drug-likeness (QED) is 0.325. The van der Waals surface area contributed by atoms with E-state index < -0.39 is 11.9 Å². The van der Waals surface area contributed by atoms with Crippen molar-refractivity contribution in [2.45, 2.75) is 37.4 Å². The summed E-state index contributed by atoms with van der Waals surface area (Å²) in [6, 6.07) is 12.5. The SMILES string of the molecule is CN(C)C1CN(c2nc(N3CC4CCCC3CN4C(=O)O)c3cc(Cl)c(-c4cc(O)cc5ccccc45)c(F)c3n2)C1. The molecular weight excluding hydrogens is 559 g/mol. The average molecular weight is 591 g/mol. The lowest BCUT2D eigenvalue weighted by molar-refractivity contribution is 0.113. The Labute approximate surface area is 247 Å². The van der Waals surface area contributed by atoms with Crippen LogP contribution in [0, 0.1) is 5.82 Å². The van der Waals surface area contributed by atoms with E-state index in [9.17, 15) is 15.0 Å². The van der Waals surface area contributed by atoms with Crippen molar-refractivity contribution >= 4 is 51.1 Å². The first-order valence-electron chi connectivity index (χ1n) is 14.3. The van der Waals surface area contributed by atoms with Gasteiger partial charge < -0.3 is 29.8 Å². The van der Waals surface area contributed by atoms with Crippen molar-refractivity contribution in [3.63, 3.8) is 0 Å². The predicted octanol–water partition coefficient (Wildman–Crippen LogP) is 5.42. The van der Waals surface area contributed by atoms with Crippen LogP contribution in [0.4, 0.5) is 21.0 Å². The van der Waals surface area contributed by atoms with Gasteiger partial charge in [0, 0.05) is 49.2 Å². The van der Waals surface area contributed by atoms with Crippen LogP contribution in [0.15, 0.2) is 42.5 Å². The lowest BCUT2D eigenvalue weighted by atomic mass is 9.96. The molecule has 2 atom stereocenters. The number of aromatic hydroxyl groups is 1. The third-order valence-corrected chi connectivity index (χ3v) is 9.43. The molecule has 0 aliphatic carbocycles. The van der Waals surface area contributed by atoms with Crippen LogP contribution in [-0.2, 0) is 0 Å². The first-order valence-corrected chi connectivity index (χ1v) is 14.7. The molecule has 2 N–H and O–H groups in total. The van der Waals surface area contributed by atoms with E-state index in [1.165, 1.54) is 11.0 Å². The Bertz CT molecular complexity index is 1730. The fourth-order valence-corrected chi connectivity index (χ4v) is 7.04. The second-order valence-corrected chi connectivity index (χ2v) is 12.3. The fourth-order valence-electron chi connectivity index (χ4n) is 6.75. The van der Waals surface area contributed by atoms with Gasteiger partial charge >= 0.3 is 6.09 Å². The number of phenols is 1. The van der Waals surface area contributed by atoms with Crippen LogP contribution in [0.1, 0.15) is 19.3 Å². The van der Waals surface area contributed by atoms with E-state index in [4.69, 9.17) is 21.6 Å². The van der Waals surface area contributed by atoms with Gasteiger partial charge in [0.1, 0.15) is 17.1 Å². The third kappa shape index (κ3) is 4.35. The highest BCUT2D eigenvalue weighted by molar-refractivity contribution is 6.35. The molecular formula is C31H32ClFN6O3. The van der Waals surface area contributed by atoms with Crippen LogP contribution in [-0.4, -0.2) is 94.5 Å². The maximum Gasteiger partial charge on any atom is 0.407 e. The number of phenolic OH excluding ortho intramolecular Hbond substituents is 1. The number of piperazine rings is 1. The number of hydrogen-bond acceptors (Lipinski definition) is 7. The zero-order valence-corrected chi connectivity index (χ0v) is 24.2. The van der Waals surface area contributed by atoms with Gasteiger partial charge in [0.05, 0.1) is 11.1 Å². The number of aromatic nitrogens is 2. The van der Waals surface area contributed by atoms with Gasteiger partial charge in [-0.05, 0) is 67.9 Å². The normalized spacial score (nSPS) is 20.9. The highest BCUT2D eigenvalue weighted by Gasteiger charge is 2.41. The first kappa shape index (κ1) is 27.0. The predicted molar refractivity (Wildman–Crippen MR) is 162 cm³/mol. The van der Waals surface area contributed by atoms with Crippen LogP contribution >= 0.6 is 11.6 Å². The van der Waals surface area contributed by atoms with Crippen LogP contribution in [0.25, 0.3) is 32.8 Å². The number of carboxylic acid groups (broad SMARTS) is 1. The van der Waals surface area contributed by atoms with Crippen molar-refractivity contribution in [1.29, 1.82) is 0 Å². The molecule has 1 aromatic heterocycles. The van der Waals surface area contributed by atoms with Crippen molar-refractivity contribution in [1.82, 2.24) is 19.8 Å². The fraction of sp³-hybridized carbons (Fsp3) is 0.387. The molecule has 5 heterocycles. The zero-order chi connectivity index (χ0) is 29.3. The maximum atomic E-state index is 16.8. The van der Waals surface area contributed by atoms with Gasteiger partial charge in [-0.1, -0.05) is 35.9 Å². The molecule has 4 saturated heterocycles. The van der Waals surface area contributed by atoms with Gasteiger partial charge in [-0.2, -0.15) is 4.98 Å². The van der Waals surface area contributed by atoms with E-state index in [1.54, 1.807) is 12.1 Å². The Morgan fingerprint density at radius 1 is 1.02 bits per heavy atom. The van der Waals surface area contributed by atoms with Crippen molar-refractivity contribution in [3.8, 4) is 16.9 Å². The smallest absolute Gasteiger partial charge is 0.407 e. The molecule has 11 heteroatoms. The Hall–Kier alpha value is -3.89. The molecule has 0 saturated carbocycles. The summed E-state index contributed by atoms with van der Waals surface area (Å²) in [7, 11) is 4.06. The lowest BCUT2D eigenvalue weighted by Crippen LogP contribution is -2.59. The van der Waals surface area contributed by atoms with Crippen LogP contribution in [0.2, 0.25) is 5.02 Å². The molecule has 1 amide bonds. The van der Waals surface area contributed by atoms with E-state index in [0.29, 0.717) is 41.8 Å². The Morgan fingerprint density at radius 2 is 1.79 bits per heavy atom. The van der Waals surface area contributed by atoms with E-state index in [0.717, 1.165) is 43.1 Å². The van der Waals surface area contributed by atoms with Crippen molar-refractivity contribution in [2.75, 3.05) is 50.1 Å². The van der Waals surface area contributed by atoms with Crippen molar-refractivity contribution < 1.29 is 19.4 Å². The summed E-state index contributed by atoms with van der Waals surface area (Å²) in [5.74, 6) is 0.467. The molecule has 218 valence electrons. The molecule has 9 nitrogen and oxygen atoms in total. The van der Waals surface area contributed by atoms with Crippen molar-refractivity contribution in [2.24, 2.45) is 0 Å². The summed E-state index contributed by atoms with van der Waals surface area (Å²) in [6.45, 7) is 2.28. The number of likely N-dealkylation sites (N-methyl/N-ethyl adjacent to an activating group) is 1. The molecule has 2 bridgehead atoms. The molecule has 0 spiro atoms. The average Bonchev–Trinajstić information content (AvgIpc) is 3.26. The summed E-state index contributed by atoms with van der Waals surface area (Å²) < 4.78 is 16.8. The second-order valence-electron chi connectivity index (χ2n) is 11.9. The third-order valence-electron chi connectivity index (χ3n) is 9.13. The molecule has 3 aromatic carbocycles. The largest absolute Gasteiger partial charge is 0.508 e. The molecule has 0 radical (unpaired) electrons. The first-order chi connectivity index (χ1) is 20.2. The van der Waals surface area contributed by atoms with E-state index in [2.05, 4.69) is 9.80 Å². The van der Waals surface area contributed by atoms with Gasteiger partial charge in [0.15, 0.2) is 5.82 Å². The summed E-state index contributed by atoms with van der Waals surface area (Å²) in [5, 5.41) is 22.6. The van der Waals surface area contributed by atoms with Gasteiger partial charge in [-0.15, -0.1) is 0 Å².